The molecule has 0 aromatic heterocycles. The lowest BCUT2D eigenvalue weighted by Gasteiger charge is -2.33. The number of anilines is 1. The molecular weight excluding hydrogens is 242 g/mol. The van der Waals surface area contributed by atoms with Crippen molar-refractivity contribution in [1.29, 1.82) is 0 Å². The van der Waals surface area contributed by atoms with Crippen molar-refractivity contribution in [3.05, 3.63) is 29.3 Å². The van der Waals surface area contributed by atoms with Crippen LogP contribution in [0.5, 0.6) is 0 Å². The van der Waals surface area contributed by atoms with E-state index >= 15 is 0 Å². The van der Waals surface area contributed by atoms with Gasteiger partial charge in [-0.1, -0.05) is 0 Å². The van der Waals surface area contributed by atoms with Gasteiger partial charge in [0.05, 0.1) is 0 Å². The Morgan fingerprint density at radius 2 is 2.21 bits per heavy atom. The summed E-state index contributed by atoms with van der Waals surface area (Å²) in [5, 5.41) is 5.80. The lowest BCUT2D eigenvalue weighted by molar-refractivity contribution is -0.127. The highest BCUT2D eigenvalue weighted by atomic mass is 16.2. The average Bonchev–Trinajstić information content (AvgIpc) is 2.41. The van der Waals surface area contributed by atoms with Crippen LogP contribution in [0.3, 0.4) is 0 Å². The first-order valence-corrected chi connectivity index (χ1v) is 6.41. The zero-order valence-electron chi connectivity index (χ0n) is 11.5. The fourth-order valence-electron chi connectivity index (χ4n) is 2.27. The number of benzene rings is 1. The van der Waals surface area contributed by atoms with E-state index in [-0.39, 0.29) is 11.8 Å². The van der Waals surface area contributed by atoms with Crippen molar-refractivity contribution >= 4 is 17.5 Å². The van der Waals surface area contributed by atoms with Crippen LogP contribution in [0.1, 0.15) is 22.8 Å². The molecule has 1 aliphatic heterocycles. The molecule has 0 bridgehead atoms. The van der Waals surface area contributed by atoms with Crippen LogP contribution in [0.15, 0.2) is 18.2 Å². The maximum atomic E-state index is 12.5. The highest BCUT2D eigenvalue weighted by molar-refractivity contribution is 5.99. The standard InChI is InChI=1S/C14H19N3O2/c1-9-8-11(15-3)4-5-12(9)14(19)17-7-6-16-13(18)10(17)2/h4-5,8,10,15H,6-7H2,1-3H3,(H,16,18). The molecule has 5 heteroatoms. The molecule has 2 rings (SSSR count). The van der Waals surface area contributed by atoms with E-state index in [1.165, 1.54) is 0 Å². The fraction of sp³-hybridized carbons (Fsp3) is 0.429. The van der Waals surface area contributed by atoms with Gasteiger partial charge in [0.1, 0.15) is 6.04 Å². The minimum atomic E-state index is -0.412. The maximum absolute atomic E-state index is 12.5. The largest absolute Gasteiger partial charge is 0.388 e. The average molecular weight is 261 g/mol. The molecule has 2 amide bonds. The van der Waals surface area contributed by atoms with E-state index in [0.29, 0.717) is 18.7 Å². The smallest absolute Gasteiger partial charge is 0.254 e. The third-order valence-electron chi connectivity index (χ3n) is 3.51. The molecule has 0 spiro atoms. The number of nitrogens with one attached hydrogen (secondary N) is 2. The van der Waals surface area contributed by atoms with Crippen molar-refractivity contribution in [2.45, 2.75) is 19.9 Å². The minimum absolute atomic E-state index is 0.0810. The van der Waals surface area contributed by atoms with Gasteiger partial charge in [-0.2, -0.15) is 0 Å². The maximum Gasteiger partial charge on any atom is 0.254 e. The SMILES string of the molecule is CNc1ccc(C(=O)N2CCNC(=O)C2C)c(C)c1. The van der Waals surface area contributed by atoms with Gasteiger partial charge in [-0.25, -0.2) is 0 Å². The number of rotatable bonds is 2. The van der Waals surface area contributed by atoms with Gasteiger partial charge in [0.2, 0.25) is 5.91 Å². The van der Waals surface area contributed by atoms with Crippen LogP contribution in [0, 0.1) is 6.92 Å². The van der Waals surface area contributed by atoms with Crippen LogP contribution in [-0.4, -0.2) is 42.9 Å². The molecule has 1 fully saturated rings. The molecule has 1 unspecified atom stereocenters. The second-order valence-corrected chi connectivity index (χ2v) is 4.75. The van der Waals surface area contributed by atoms with Crippen LogP contribution in [0.4, 0.5) is 5.69 Å². The molecule has 102 valence electrons. The third kappa shape index (κ3) is 2.54. The Morgan fingerprint density at radius 1 is 1.47 bits per heavy atom. The summed E-state index contributed by atoms with van der Waals surface area (Å²) in [5.41, 5.74) is 2.54. The Hall–Kier alpha value is -2.04. The highest BCUT2D eigenvalue weighted by Crippen LogP contribution is 2.18. The molecule has 0 radical (unpaired) electrons. The molecule has 19 heavy (non-hydrogen) atoms. The molecule has 0 aliphatic carbocycles. The van der Waals surface area contributed by atoms with Gasteiger partial charge in [-0.15, -0.1) is 0 Å². The number of amides is 2. The Morgan fingerprint density at radius 3 is 2.84 bits per heavy atom. The molecule has 1 aromatic rings. The van der Waals surface area contributed by atoms with E-state index in [1.807, 2.05) is 32.2 Å². The van der Waals surface area contributed by atoms with Crippen LogP contribution >= 0.6 is 0 Å². The highest BCUT2D eigenvalue weighted by Gasteiger charge is 2.30. The molecule has 1 aromatic carbocycles. The van der Waals surface area contributed by atoms with Crippen LogP contribution in [-0.2, 0) is 4.79 Å². The van der Waals surface area contributed by atoms with E-state index in [4.69, 9.17) is 0 Å². The zero-order chi connectivity index (χ0) is 14.0. The first-order chi connectivity index (χ1) is 9.04. The minimum Gasteiger partial charge on any atom is -0.388 e. The predicted octanol–water partition coefficient (Wildman–Crippen LogP) is 0.997. The predicted molar refractivity (Wildman–Crippen MR) is 74.2 cm³/mol. The molecule has 2 N–H and O–H groups in total. The topological polar surface area (TPSA) is 61.4 Å². The van der Waals surface area contributed by atoms with E-state index in [0.717, 1.165) is 11.3 Å². The molecule has 0 saturated carbocycles. The number of hydrogen-bond donors (Lipinski definition) is 2. The van der Waals surface area contributed by atoms with Gasteiger partial charge in [-0.3, -0.25) is 9.59 Å². The summed E-state index contributed by atoms with van der Waals surface area (Å²) >= 11 is 0. The van der Waals surface area contributed by atoms with Gasteiger partial charge in [0.15, 0.2) is 0 Å². The number of hydrogen-bond acceptors (Lipinski definition) is 3. The number of nitrogens with zero attached hydrogens (tertiary/aromatic N) is 1. The number of aryl methyl sites for hydroxylation is 1. The second kappa shape index (κ2) is 5.30. The Balaban J connectivity index is 2.26. The number of carbonyl (C=O) groups is 2. The molecule has 1 saturated heterocycles. The summed E-state index contributed by atoms with van der Waals surface area (Å²) in [6.45, 7) is 4.73. The van der Waals surface area contributed by atoms with Gasteiger partial charge in [0, 0.05) is 31.4 Å². The van der Waals surface area contributed by atoms with E-state index in [1.54, 1.807) is 11.8 Å². The summed E-state index contributed by atoms with van der Waals surface area (Å²) in [6, 6.07) is 5.20. The first kappa shape index (κ1) is 13.4. The van der Waals surface area contributed by atoms with Crippen molar-refractivity contribution in [1.82, 2.24) is 10.2 Å². The van der Waals surface area contributed by atoms with E-state index in [2.05, 4.69) is 10.6 Å². The zero-order valence-corrected chi connectivity index (χ0v) is 11.5. The summed E-state index contributed by atoms with van der Waals surface area (Å²) in [4.78, 5) is 25.7. The molecular formula is C14H19N3O2. The Bertz CT molecular complexity index is 513. The van der Waals surface area contributed by atoms with Crippen LogP contribution in [0.25, 0.3) is 0 Å². The Kier molecular flexibility index (Phi) is 3.74. The summed E-state index contributed by atoms with van der Waals surface area (Å²) in [7, 11) is 1.84. The normalized spacial score (nSPS) is 19.0. The van der Waals surface area contributed by atoms with Crippen molar-refractivity contribution in [3.63, 3.8) is 0 Å². The quantitative estimate of drug-likeness (QED) is 0.835. The van der Waals surface area contributed by atoms with Gasteiger partial charge in [-0.05, 0) is 37.6 Å². The number of carbonyl (C=O) groups excluding carboxylic acids is 2. The molecule has 1 atom stereocenters. The molecule has 5 nitrogen and oxygen atoms in total. The monoisotopic (exact) mass is 261 g/mol. The van der Waals surface area contributed by atoms with Crippen molar-refractivity contribution in [2.24, 2.45) is 0 Å². The third-order valence-corrected chi connectivity index (χ3v) is 3.51. The Labute approximate surface area is 113 Å². The van der Waals surface area contributed by atoms with Crippen molar-refractivity contribution in [3.8, 4) is 0 Å². The molecule has 1 aliphatic rings. The van der Waals surface area contributed by atoms with Gasteiger partial charge >= 0.3 is 0 Å². The van der Waals surface area contributed by atoms with Gasteiger partial charge < -0.3 is 15.5 Å². The molecule has 1 heterocycles. The number of piperazine rings is 1. The van der Waals surface area contributed by atoms with Crippen molar-refractivity contribution < 1.29 is 9.59 Å². The summed E-state index contributed by atoms with van der Waals surface area (Å²) in [6.07, 6.45) is 0. The van der Waals surface area contributed by atoms with E-state index < -0.39 is 6.04 Å². The fourth-order valence-corrected chi connectivity index (χ4v) is 2.27. The van der Waals surface area contributed by atoms with Crippen molar-refractivity contribution in [2.75, 3.05) is 25.5 Å². The lowest BCUT2D eigenvalue weighted by atomic mass is 10.0. The lowest BCUT2D eigenvalue weighted by Crippen LogP contribution is -2.55. The van der Waals surface area contributed by atoms with Crippen LogP contribution < -0.4 is 10.6 Å². The summed E-state index contributed by atoms with van der Waals surface area (Å²) < 4.78 is 0. The summed E-state index contributed by atoms with van der Waals surface area (Å²) in [5.74, 6) is -0.174. The van der Waals surface area contributed by atoms with E-state index in [9.17, 15) is 9.59 Å². The van der Waals surface area contributed by atoms with Crippen LogP contribution in [0.2, 0.25) is 0 Å². The second-order valence-electron chi connectivity index (χ2n) is 4.75. The first-order valence-electron chi connectivity index (χ1n) is 6.41. The van der Waals surface area contributed by atoms with Gasteiger partial charge in [0.25, 0.3) is 5.91 Å².